The molecule has 1 atom stereocenters. The van der Waals surface area contributed by atoms with Gasteiger partial charge in [-0.2, -0.15) is 0 Å². The van der Waals surface area contributed by atoms with Crippen LogP contribution in [0.1, 0.15) is 37.0 Å². The Kier molecular flexibility index (Phi) is 7.50. The van der Waals surface area contributed by atoms with Gasteiger partial charge in [0.2, 0.25) is 0 Å². The number of carbonyl (C=O) groups excluding carboxylic acids is 1. The monoisotopic (exact) mass is 395 g/mol. The van der Waals surface area contributed by atoms with Crippen molar-refractivity contribution in [3.8, 4) is 0 Å². The van der Waals surface area contributed by atoms with Crippen molar-refractivity contribution in [3.05, 3.63) is 23.8 Å². The number of hydrogen-bond acceptors (Lipinski definition) is 6. The molecule has 1 aromatic heterocycles. The molecule has 0 saturated carbocycles. The van der Waals surface area contributed by atoms with Gasteiger partial charge >= 0.3 is 0 Å². The van der Waals surface area contributed by atoms with E-state index in [0.717, 1.165) is 0 Å². The molecule has 0 aliphatic carbocycles. The molecule has 1 saturated heterocycles. The van der Waals surface area contributed by atoms with E-state index in [9.17, 15) is 4.79 Å². The Morgan fingerprint density at radius 3 is 2.70 bits per heavy atom. The molecule has 1 aliphatic heterocycles. The van der Waals surface area contributed by atoms with Gasteiger partial charge in [0.25, 0.3) is 5.91 Å². The Morgan fingerprint density at radius 1 is 1.33 bits per heavy atom. The van der Waals surface area contributed by atoms with Crippen molar-refractivity contribution >= 4 is 14.2 Å². The van der Waals surface area contributed by atoms with Crippen LogP contribution in [0.4, 0.5) is 0 Å². The van der Waals surface area contributed by atoms with Crippen LogP contribution in [0.15, 0.2) is 12.4 Å². The van der Waals surface area contributed by atoms with Crippen LogP contribution in [0.2, 0.25) is 18.1 Å². The fourth-order valence-electron chi connectivity index (χ4n) is 2.64. The molecule has 0 aromatic carbocycles. The molecular weight excluding hydrogens is 362 g/mol. The summed E-state index contributed by atoms with van der Waals surface area (Å²) in [4.78, 5) is 23.7. The average molecular weight is 396 g/mol. The number of amides is 1. The van der Waals surface area contributed by atoms with E-state index in [1.807, 2.05) is 4.90 Å². The van der Waals surface area contributed by atoms with Gasteiger partial charge in [0.1, 0.15) is 5.69 Å². The Bertz CT molecular complexity index is 634. The number of hydrogen-bond donors (Lipinski definition) is 0. The van der Waals surface area contributed by atoms with Crippen molar-refractivity contribution in [1.82, 2.24) is 14.9 Å². The molecule has 27 heavy (non-hydrogen) atoms. The molecule has 1 fully saturated rings. The van der Waals surface area contributed by atoms with Crippen molar-refractivity contribution in [2.75, 3.05) is 40.1 Å². The highest BCUT2D eigenvalue weighted by atomic mass is 28.4. The van der Waals surface area contributed by atoms with E-state index in [-0.39, 0.29) is 17.0 Å². The minimum atomic E-state index is -1.90. The maximum atomic E-state index is 13.2. The van der Waals surface area contributed by atoms with Crippen LogP contribution in [0, 0.1) is 0 Å². The molecule has 1 aliphatic rings. The zero-order valence-corrected chi connectivity index (χ0v) is 18.4. The number of morpholine rings is 1. The zero-order chi connectivity index (χ0) is 20.1. The predicted octanol–water partition coefficient (Wildman–Crippen LogP) is 2.53. The lowest BCUT2D eigenvalue weighted by Gasteiger charge is -2.40. The molecule has 8 heteroatoms. The number of nitrogens with zero attached hydrogens (tertiary/aromatic N) is 3. The first-order valence-electron chi connectivity index (χ1n) is 9.49. The van der Waals surface area contributed by atoms with E-state index in [2.05, 4.69) is 43.8 Å². The second-order valence-corrected chi connectivity index (χ2v) is 13.2. The SMILES string of the molecule is COCCc1nccnc1C(=O)N1CCOC[C@H]1CO[Si](C)(C)C(C)(C)C. The molecule has 7 nitrogen and oxygen atoms in total. The Hall–Kier alpha value is -1.35. The number of ether oxygens (including phenoxy) is 2. The second kappa shape index (κ2) is 9.23. The zero-order valence-electron chi connectivity index (χ0n) is 17.4. The molecule has 1 aromatic rings. The lowest BCUT2D eigenvalue weighted by atomic mass is 10.1. The lowest BCUT2D eigenvalue weighted by Crippen LogP contribution is -2.53. The number of aromatic nitrogens is 2. The molecule has 0 radical (unpaired) electrons. The van der Waals surface area contributed by atoms with E-state index < -0.39 is 8.32 Å². The van der Waals surface area contributed by atoms with Crippen LogP contribution in [0.5, 0.6) is 0 Å². The fourth-order valence-corrected chi connectivity index (χ4v) is 3.69. The summed E-state index contributed by atoms with van der Waals surface area (Å²) in [5.74, 6) is -0.110. The summed E-state index contributed by atoms with van der Waals surface area (Å²) in [6.07, 6.45) is 3.73. The summed E-state index contributed by atoms with van der Waals surface area (Å²) >= 11 is 0. The number of methoxy groups -OCH3 is 1. The van der Waals surface area contributed by atoms with E-state index in [0.29, 0.717) is 50.8 Å². The Morgan fingerprint density at radius 2 is 2.04 bits per heavy atom. The van der Waals surface area contributed by atoms with E-state index in [1.165, 1.54) is 0 Å². The average Bonchev–Trinajstić information content (AvgIpc) is 2.64. The van der Waals surface area contributed by atoms with E-state index >= 15 is 0 Å². The summed E-state index contributed by atoms with van der Waals surface area (Å²) in [5, 5.41) is 0.121. The molecule has 1 amide bonds. The van der Waals surface area contributed by atoms with Gasteiger partial charge in [-0.25, -0.2) is 4.98 Å². The number of carbonyl (C=O) groups is 1. The Labute approximate surface area is 163 Å². The number of rotatable bonds is 7. The standard InChI is InChI=1S/C19H33N3O4Si/c1-19(2,3)27(5,6)26-14-15-13-25-12-10-22(15)18(23)17-16(7-11-24-4)20-8-9-21-17/h8-9,15H,7,10-14H2,1-6H3/t15-/m0/s1. The van der Waals surface area contributed by atoms with Crippen LogP contribution in [-0.4, -0.2) is 75.2 Å². The normalized spacial score (nSPS) is 18.6. The maximum absolute atomic E-state index is 13.2. The summed E-state index contributed by atoms with van der Waals surface area (Å²) in [5.41, 5.74) is 1.06. The van der Waals surface area contributed by atoms with Gasteiger partial charge in [0.05, 0.1) is 38.2 Å². The highest BCUT2D eigenvalue weighted by Gasteiger charge is 2.39. The molecule has 0 N–H and O–H groups in total. The third-order valence-corrected chi connectivity index (χ3v) is 9.95. The summed E-state index contributed by atoms with van der Waals surface area (Å²) in [6.45, 7) is 13.6. The van der Waals surface area contributed by atoms with Crippen LogP contribution in [0.3, 0.4) is 0 Å². The molecular formula is C19H33N3O4Si. The summed E-state index contributed by atoms with van der Waals surface area (Å²) in [7, 11) is -0.266. The van der Waals surface area contributed by atoms with Crippen molar-refractivity contribution in [2.24, 2.45) is 0 Å². The van der Waals surface area contributed by atoms with Gasteiger partial charge in [-0.3, -0.25) is 9.78 Å². The first-order chi connectivity index (χ1) is 12.7. The lowest BCUT2D eigenvalue weighted by molar-refractivity contribution is -0.0170. The maximum Gasteiger partial charge on any atom is 0.274 e. The molecule has 152 valence electrons. The molecule has 2 rings (SSSR count). The highest BCUT2D eigenvalue weighted by Crippen LogP contribution is 2.36. The van der Waals surface area contributed by atoms with Crippen LogP contribution < -0.4 is 0 Å². The van der Waals surface area contributed by atoms with Crippen molar-refractivity contribution < 1.29 is 18.7 Å². The minimum absolute atomic E-state index is 0.110. The molecule has 0 spiro atoms. The molecule has 2 heterocycles. The van der Waals surface area contributed by atoms with Gasteiger partial charge in [-0.05, 0) is 18.1 Å². The van der Waals surface area contributed by atoms with Crippen molar-refractivity contribution in [2.45, 2.75) is 51.4 Å². The van der Waals surface area contributed by atoms with Crippen molar-refractivity contribution in [1.29, 1.82) is 0 Å². The largest absolute Gasteiger partial charge is 0.415 e. The Balaban J connectivity index is 2.14. The van der Waals surface area contributed by atoms with Crippen LogP contribution >= 0.6 is 0 Å². The summed E-state index contributed by atoms with van der Waals surface area (Å²) in [6, 6.07) is -0.113. The second-order valence-electron chi connectivity index (χ2n) is 8.39. The topological polar surface area (TPSA) is 73.8 Å². The van der Waals surface area contributed by atoms with Gasteiger partial charge in [-0.1, -0.05) is 20.8 Å². The quantitative estimate of drug-likeness (QED) is 0.661. The fraction of sp³-hybridized carbons (Fsp3) is 0.737. The third kappa shape index (κ3) is 5.57. The molecule has 0 unspecified atom stereocenters. The van der Waals surface area contributed by atoms with Crippen molar-refractivity contribution in [3.63, 3.8) is 0 Å². The third-order valence-electron chi connectivity index (χ3n) is 5.45. The van der Waals surface area contributed by atoms with Crippen LogP contribution in [-0.2, 0) is 20.3 Å². The first kappa shape index (κ1) is 21.9. The van der Waals surface area contributed by atoms with Gasteiger partial charge in [0, 0.05) is 32.5 Å². The first-order valence-corrected chi connectivity index (χ1v) is 12.4. The van der Waals surface area contributed by atoms with E-state index in [4.69, 9.17) is 13.9 Å². The van der Waals surface area contributed by atoms with Crippen LogP contribution in [0.25, 0.3) is 0 Å². The van der Waals surface area contributed by atoms with Gasteiger partial charge in [-0.15, -0.1) is 0 Å². The molecule has 0 bridgehead atoms. The van der Waals surface area contributed by atoms with Gasteiger partial charge < -0.3 is 18.8 Å². The predicted molar refractivity (Wildman–Crippen MR) is 106 cm³/mol. The summed E-state index contributed by atoms with van der Waals surface area (Å²) < 4.78 is 17.1. The smallest absolute Gasteiger partial charge is 0.274 e. The highest BCUT2D eigenvalue weighted by molar-refractivity contribution is 6.74. The minimum Gasteiger partial charge on any atom is -0.415 e. The van der Waals surface area contributed by atoms with Gasteiger partial charge in [0.15, 0.2) is 8.32 Å². The van der Waals surface area contributed by atoms with E-state index in [1.54, 1.807) is 19.5 Å².